The summed E-state index contributed by atoms with van der Waals surface area (Å²) in [6.07, 6.45) is 3.14. The van der Waals surface area contributed by atoms with Crippen LogP contribution in [0.2, 0.25) is 0 Å². The predicted molar refractivity (Wildman–Crippen MR) is 178 cm³/mol. The van der Waals surface area contributed by atoms with Gasteiger partial charge in [0.05, 0.1) is 18.4 Å². The first-order chi connectivity index (χ1) is 23.4. The Bertz CT molecular complexity index is 1410. The summed E-state index contributed by atoms with van der Waals surface area (Å²) >= 11 is 0.890. The van der Waals surface area contributed by atoms with E-state index in [9.17, 15) is 45.0 Å². The smallest absolute Gasteiger partial charge is 0.342 e. The number of aliphatic hydroxyl groups excluding tert-OH is 4. The molecule has 0 spiro atoms. The summed E-state index contributed by atoms with van der Waals surface area (Å²) in [6, 6.07) is 0.384. The molecule has 0 radical (unpaired) electrons. The van der Waals surface area contributed by atoms with E-state index in [2.05, 4.69) is 5.32 Å². The molecule has 1 aromatic carbocycles. The lowest BCUT2D eigenvalue weighted by Crippen LogP contribution is -2.57. The van der Waals surface area contributed by atoms with Crippen LogP contribution in [0.25, 0.3) is 0 Å². The Balaban J connectivity index is 1.47. The van der Waals surface area contributed by atoms with Crippen molar-refractivity contribution in [2.24, 2.45) is 0 Å². The molecular formula is C33H45N3O12S. The molecule has 3 aliphatic rings. The minimum Gasteiger partial charge on any atom is -0.507 e. The second kappa shape index (κ2) is 17.8. The van der Waals surface area contributed by atoms with Crippen molar-refractivity contribution in [3.63, 3.8) is 0 Å². The van der Waals surface area contributed by atoms with Crippen molar-refractivity contribution in [1.29, 1.82) is 5.41 Å². The Morgan fingerprint density at radius 2 is 1.80 bits per heavy atom. The van der Waals surface area contributed by atoms with E-state index >= 15 is 0 Å². The lowest BCUT2D eigenvalue weighted by molar-refractivity contribution is -0.205. The van der Waals surface area contributed by atoms with Crippen LogP contribution < -0.4 is 10.1 Å². The van der Waals surface area contributed by atoms with E-state index in [1.807, 2.05) is 0 Å². The quantitative estimate of drug-likeness (QED) is 0.136. The minimum atomic E-state index is -1.56. The Morgan fingerprint density at radius 3 is 2.51 bits per heavy atom. The highest BCUT2D eigenvalue weighted by Gasteiger charge is 2.43. The maximum absolute atomic E-state index is 13.3. The van der Waals surface area contributed by atoms with E-state index in [1.54, 1.807) is 30.1 Å². The first kappa shape index (κ1) is 38.1. The molecule has 2 amide bonds. The van der Waals surface area contributed by atoms with Crippen LogP contribution in [0.15, 0.2) is 30.4 Å². The first-order valence-electron chi connectivity index (χ1n) is 16.2. The zero-order chi connectivity index (χ0) is 35.7. The monoisotopic (exact) mass is 707 g/mol. The van der Waals surface area contributed by atoms with Gasteiger partial charge >= 0.3 is 5.97 Å². The number of phenols is 2. The Hall–Kier alpha value is -3.67. The number of ether oxygens (including phenoxy) is 3. The zero-order valence-corrected chi connectivity index (χ0v) is 28.0. The van der Waals surface area contributed by atoms with Gasteiger partial charge < -0.3 is 60.5 Å². The second-order valence-corrected chi connectivity index (χ2v) is 13.3. The number of rotatable bonds is 8. The van der Waals surface area contributed by atoms with Crippen molar-refractivity contribution in [3.05, 3.63) is 41.5 Å². The standard InChI is InChI=1S/C33H45N3O12S/c1-18-7-5-9-20(35-25(40)17-49-33-30(44)29(43)28(42)24(15-37)48-33)10-6-8-19(34)13-21-27(32(45)47-18)22(38)14-23(39)31(21)46-16-26(41)36-11-3-2-4-12-36/h5-6,8-9,14,18,20,24,28-30,33-34,37-39,42-44H,2-4,7,10-13,15-17H2,1H3,(H,35,40)/b8-6+,9-5+,34-19?/t18-,20+,24?,28-,29?,30?,33+/m1/s1. The third-order valence-electron chi connectivity index (χ3n) is 8.39. The van der Waals surface area contributed by atoms with Crippen molar-refractivity contribution in [2.75, 3.05) is 32.1 Å². The summed E-state index contributed by atoms with van der Waals surface area (Å²) in [5.74, 6) is -3.12. The molecule has 3 unspecified atom stereocenters. The van der Waals surface area contributed by atoms with Crippen LogP contribution in [-0.2, 0) is 25.5 Å². The molecule has 49 heavy (non-hydrogen) atoms. The highest BCUT2D eigenvalue weighted by atomic mass is 32.2. The van der Waals surface area contributed by atoms with Gasteiger partial charge in [-0.15, -0.1) is 11.8 Å². The number of hydrogen-bond acceptors (Lipinski definition) is 14. The fourth-order valence-corrected chi connectivity index (χ4v) is 6.72. The number of phenolic OH excluding ortho intramolecular Hbond substituents is 2. The van der Waals surface area contributed by atoms with Gasteiger partial charge in [0.2, 0.25) is 5.91 Å². The number of aliphatic hydroxyl groups is 4. The number of cyclic esters (lactones) is 1. The van der Waals surface area contributed by atoms with Crippen molar-refractivity contribution >= 4 is 35.3 Å². The topological polar surface area (TPSA) is 239 Å². The molecule has 2 fully saturated rings. The molecule has 2 saturated heterocycles. The molecule has 270 valence electrons. The van der Waals surface area contributed by atoms with E-state index in [0.717, 1.165) is 37.1 Å². The molecule has 4 rings (SSSR count). The van der Waals surface area contributed by atoms with Crippen LogP contribution in [0.1, 0.15) is 54.9 Å². The fourth-order valence-electron chi connectivity index (χ4n) is 5.74. The highest BCUT2D eigenvalue weighted by molar-refractivity contribution is 8.00. The zero-order valence-electron chi connectivity index (χ0n) is 27.2. The van der Waals surface area contributed by atoms with Crippen LogP contribution in [0.5, 0.6) is 17.2 Å². The van der Waals surface area contributed by atoms with Crippen LogP contribution in [-0.4, -0.2) is 133 Å². The Kier molecular flexibility index (Phi) is 13.9. The second-order valence-electron chi connectivity index (χ2n) is 12.2. The number of thioether (sulfide) groups is 1. The van der Waals surface area contributed by atoms with Gasteiger partial charge in [-0.1, -0.05) is 18.2 Å². The van der Waals surface area contributed by atoms with Crippen LogP contribution in [0.3, 0.4) is 0 Å². The number of fused-ring (bicyclic) bond motifs is 1. The first-order valence-corrected chi connectivity index (χ1v) is 17.3. The summed E-state index contributed by atoms with van der Waals surface area (Å²) in [7, 11) is 0. The summed E-state index contributed by atoms with van der Waals surface area (Å²) in [6.45, 7) is 1.81. The lowest BCUT2D eigenvalue weighted by atomic mass is 9.98. The van der Waals surface area contributed by atoms with Crippen LogP contribution in [0.4, 0.5) is 0 Å². The van der Waals surface area contributed by atoms with E-state index in [-0.39, 0.29) is 53.5 Å². The molecule has 16 heteroatoms. The number of amides is 2. The number of allylic oxidation sites excluding steroid dienone is 1. The molecule has 0 bridgehead atoms. The molecule has 8 N–H and O–H groups in total. The number of nitrogens with zero attached hydrogens (tertiary/aromatic N) is 1. The van der Waals surface area contributed by atoms with Gasteiger partial charge in [0, 0.05) is 43.3 Å². The van der Waals surface area contributed by atoms with E-state index in [0.29, 0.717) is 13.1 Å². The van der Waals surface area contributed by atoms with Crippen LogP contribution in [0, 0.1) is 5.41 Å². The molecule has 0 aromatic heterocycles. The Labute approximate surface area is 288 Å². The summed E-state index contributed by atoms with van der Waals surface area (Å²) in [5, 5.41) is 72.5. The number of carbonyl (C=O) groups excluding carboxylic acids is 3. The summed E-state index contributed by atoms with van der Waals surface area (Å²) in [5.41, 5.74) is -1.41. The third kappa shape index (κ3) is 10.2. The molecule has 3 aliphatic heterocycles. The van der Waals surface area contributed by atoms with Crippen LogP contribution >= 0.6 is 11.8 Å². The molecule has 15 nitrogen and oxygen atoms in total. The Morgan fingerprint density at radius 1 is 1.06 bits per heavy atom. The van der Waals surface area contributed by atoms with Crippen molar-refractivity contribution in [1.82, 2.24) is 10.2 Å². The minimum absolute atomic E-state index is 0.0153. The molecule has 1 aromatic rings. The normalized spacial score (nSPS) is 29.6. The fraction of sp³-hybridized carbons (Fsp3) is 0.576. The SMILES string of the molecule is C[C@@H]1C/C=C/[C@H](NC(=O)CS[C@@H]2OC(CO)[C@@H](O)C(O)C2O)C/C=C/C(=N)Cc2c(OCC(=O)N3CCCCC3)c(O)cc(O)c2C(=O)O1. The molecule has 0 aliphatic carbocycles. The molecule has 7 atom stereocenters. The van der Waals surface area contributed by atoms with E-state index < -0.39 is 78.6 Å². The number of aromatic hydroxyl groups is 2. The maximum atomic E-state index is 13.3. The number of piperidine rings is 1. The number of esters is 1. The number of nitrogens with one attached hydrogen (secondary N) is 2. The van der Waals surface area contributed by atoms with Crippen molar-refractivity contribution < 1.29 is 59.2 Å². The molecule has 0 saturated carbocycles. The van der Waals surface area contributed by atoms with Crippen molar-refractivity contribution in [2.45, 2.75) is 87.4 Å². The summed E-state index contributed by atoms with van der Waals surface area (Å²) < 4.78 is 16.8. The van der Waals surface area contributed by atoms with E-state index in [1.165, 1.54) is 6.08 Å². The number of benzene rings is 1. The van der Waals surface area contributed by atoms with Crippen molar-refractivity contribution in [3.8, 4) is 17.2 Å². The van der Waals surface area contributed by atoms with Gasteiger partial charge in [0.15, 0.2) is 18.1 Å². The van der Waals surface area contributed by atoms with Gasteiger partial charge in [0.25, 0.3) is 5.91 Å². The van der Waals surface area contributed by atoms with Gasteiger partial charge in [0.1, 0.15) is 47.3 Å². The van der Waals surface area contributed by atoms with Gasteiger partial charge in [-0.3, -0.25) is 9.59 Å². The number of hydrogen-bond donors (Lipinski definition) is 8. The predicted octanol–water partition coefficient (Wildman–Crippen LogP) is 0.521. The average Bonchev–Trinajstić information content (AvgIpc) is 3.06. The highest BCUT2D eigenvalue weighted by Crippen LogP contribution is 2.40. The molecule has 3 heterocycles. The lowest BCUT2D eigenvalue weighted by Gasteiger charge is -2.39. The third-order valence-corrected chi connectivity index (χ3v) is 9.53. The van der Waals surface area contributed by atoms with E-state index in [4.69, 9.17) is 19.6 Å². The number of likely N-dealkylation sites (tertiary alicyclic amines) is 1. The van der Waals surface area contributed by atoms with Gasteiger partial charge in [-0.2, -0.15) is 0 Å². The van der Waals surface area contributed by atoms with Gasteiger partial charge in [-0.25, -0.2) is 4.79 Å². The average molecular weight is 708 g/mol. The van der Waals surface area contributed by atoms with Gasteiger partial charge in [-0.05, 0) is 38.7 Å². The molecular weight excluding hydrogens is 662 g/mol. The maximum Gasteiger partial charge on any atom is 0.342 e. The largest absolute Gasteiger partial charge is 0.507 e. The number of carbonyl (C=O) groups is 3. The summed E-state index contributed by atoms with van der Waals surface area (Å²) in [4.78, 5) is 40.7.